The standard InChI is InChI=1S/C19H24N4O2/c1-12-22(2)17-11-14(13-7-9-20-10-8-13)3-4-15(17)23(12)16-5-6-18(24)21-19(16)25/h3-4,11,13,16,20H,1,5-10H2,2H3,(H,21,24,25). The van der Waals surface area contributed by atoms with Gasteiger partial charge in [-0.05, 0) is 56.0 Å². The van der Waals surface area contributed by atoms with Crippen LogP contribution in [0.4, 0.5) is 11.4 Å². The SMILES string of the molecule is C=C1N(C)c2cc(C3CCNCC3)ccc2N1C1CCC(=O)NC1=O. The number of carbonyl (C=O) groups is 2. The van der Waals surface area contributed by atoms with E-state index in [4.69, 9.17) is 0 Å². The predicted molar refractivity (Wildman–Crippen MR) is 97.5 cm³/mol. The number of amides is 2. The lowest BCUT2D eigenvalue weighted by molar-refractivity contribution is -0.134. The van der Waals surface area contributed by atoms with Crippen molar-refractivity contribution in [3.63, 3.8) is 0 Å². The van der Waals surface area contributed by atoms with Crippen molar-refractivity contribution in [2.75, 3.05) is 29.9 Å². The highest BCUT2D eigenvalue weighted by Crippen LogP contribution is 2.44. The minimum atomic E-state index is -0.376. The number of piperidine rings is 2. The number of hydrogen-bond acceptors (Lipinski definition) is 5. The van der Waals surface area contributed by atoms with Gasteiger partial charge in [0.2, 0.25) is 11.8 Å². The molecule has 0 saturated carbocycles. The summed E-state index contributed by atoms with van der Waals surface area (Å²) in [6, 6.07) is 6.15. The third-order valence-corrected chi connectivity index (χ3v) is 5.62. The minimum absolute atomic E-state index is 0.194. The Morgan fingerprint density at radius 2 is 1.88 bits per heavy atom. The van der Waals surface area contributed by atoms with Gasteiger partial charge in [-0.1, -0.05) is 12.6 Å². The van der Waals surface area contributed by atoms with Crippen LogP contribution in [0, 0.1) is 0 Å². The molecule has 1 unspecified atom stereocenters. The summed E-state index contributed by atoms with van der Waals surface area (Å²) in [5.41, 5.74) is 3.44. The van der Waals surface area contributed by atoms with E-state index in [0.717, 1.165) is 43.1 Å². The molecule has 1 atom stereocenters. The fraction of sp³-hybridized carbons (Fsp3) is 0.474. The molecule has 1 aromatic rings. The Morgan fingerprint density at radius 3 is 2.60 bits per heavy atom. The van der Waals surface area contributed by atoms with E-state index in [0.29, 0.717) is 18.8 Å². The second-order valence-electron chi connectivity index (χ2n) is 7.08. The summed E-state index contributed by atoms with van der Waals surface area (Å²) in [6.45, 7) is 6.30. The van der Waals surface area contributed by atoms with E-state index in [1.54, 1.807) is 0 Å². The van der Waals surface area contributed by atoms with Crippen molar-refractivity contribution >= 4 is 23.2 Å². The van der Waals surface area contributed by atoms with Crippen LogP contribution in [0.2, 0.25) is 0 Å². The average Bonchev–Trinajstić information content (AvgIpc) is 2.87. The molecule has 6 nitrogen and oxygen atoms in total. The molecular formula is C19H24N4O2. The highest BCUT2D eigenvalue weighted by atomic mass is 16.2. The van der Waals surface area contributed by atoms with Gasteiger partial charge < -0.3 is 15.1 Å². The summed E-state index contributed by atoms with van der Waals surface area (Å²) in [6.07, 6.45) is 3.19. The van der Waals surface area contributed by atoms with E-state index in [1.807, 2.05) is 16.8 Å². The molecule has 132 valence electrons. The van der Waals surface area contributed by atoms with Crippen molar-refractivity contribution in [3.05, 3.63) is 36.2 Å². The number of nitrogens with one attached hydrogen (secondary N) is 2. The topological polar surface area (TPSA) is 64.7 Å². The first-order chi connectivity index (χ1) is 12.1. The molecule has 2 amide bonds. The Bertz CT molecular complexity index is 739. The second-order valence-corrected chi connectivity index (χ2v) is 7.08. The van der Waals surface area contributed by atoms with Gasteiger partial charge in [0.05, 0.1) is 11.4 Å². The fourth-order valence-electron chi connectivity index (χ4n) is 4.14. The molecule has 0 bridgehead atoms. The van der Waals surface area contributed by atoms with Crippen molar-refractivity contribution < 1.29 is 9.59 Å². The molecule has 3 heterocycles. The molecule has 0 spiro atoms. The summed E-state index contributed by atoms with van der Waals surface area (Å²) in [5.74, 6) is 0.937. The van der Waals surface area contributed by atoms with Crippen LogP contribution in [0.3, 0.4) is 0 Å². The van der Waals surface area contributed by atoms with Crippen molar-refractivity contribution in [1.29, 1.82) is 0 Å². The van der Waals surface area contributed by atoms with Crippen LogP contribution in [-0.4, -0.2) is 38.0 Å². The van der Waals surface area contributed by atoms with Gasteiger partial charge in [0, 0.05) is 13.5 Å². The van der Waals surface area contributed by atoms with Crippen molar-refractivity contribution in [2.45, 2.75) is 37.6 Å². The zero-order valence-electron chi connectivity index (χ0n) is 14.5. The minimum Gasteiger partial charge on any atom is -0.330 e. The summed E-state index contributed by atoms with van der Waals surface area (Å²) in [5, 5.41) is 5.86. The van der Waals surface area contributed by atoms with Gasteiger partial charge in [0.25, 0.3) is 0 Å². The maximum Gasteiger partial charge on any atom is 0.249 e. The highest BCUT2D eigenvalue weighted by Gasteiger charge is 2.39. The summed E-state index contributed by atoms with van der Waals surface area (Å²) >= 11 is 0. The number of fused-ring (bicyclic) bond motifs is 1. The molecule has 0 aromatic heterocycles. The van der Waals surface area contributed by atoms with E-state index in [9.17, 15) is 9.59 Å². The number of benzene rings is 1. The molecule has 6 heteroatoms. The Kier molecular flexibility index (Phi) is 4.00. The first kappa shape index (κ1) is 16.1. The van der Waals surface area contributed by atoms with E-state index >= 15 is 0 Å². The van der Waals surface area contributed by atoms with Crippen molar-refractivity contribution in [3.8, 4) is 0 Å². The lowest BCUT2D eigenvalue weighted by atomic mass is 9.89. The lowest BCUT2D eigenvalue weighted by Crippen LogP contribution is -2.52. The smallest absolute Gasteiger partial charge is 0.249 e. The number of hydrogen-bond donors (Lipinski definition) is 2. The number of carbonyl (C=O) groups excluding carboxylic acids is 2. The molecule has 0 radical (unpaired) electrons. The van der Waals surface area contributed by atoms with Gasteiger partial charge in [0.15, 0.2) is 0 Å². The summed E-state index contributed by atoms with van der Waals surface area (Å²) in [7, 11) is 1.99. The van der Waals surface area contributed by atoms with Crippen LogP contribution in [0.1, 0.15) is 37.2 Å². The van der Waals surface area contributed by atoms with Crippen LogP contribution in [-0.2, 0) is 9.59 Å². The third-order valence-electron chi connectivity index (χ3n) is 5.62. The zero-order valence-corrected chi connectivity index (χ0v) is 14.5. The molecule has 3 aliphatic heterocycles. The van der Waals surface area contributed by atoms with E-state index in [2.05, 4.69) is 35.4 Å². The first-order valence-corrected chi connectivity index (χ1v) is 8.96. The van der Waals surface area contributed by atoms with Gasteiger partial charge in [0.1, 0.15) is 11.9 Å². The molecule has 0 aliphatic carbocycles. The van der Waals surface area contributed by atoms with Crippen molar-refractivity contribution in [1.82, 2.24) is 10.6 Å². The number of imide groups is 1. The number of rotatable bonds is 2. The van der Waals surface area contributed by atoms with Crippen LogP contribution < -0.4 is 20.4 Å². The highest BCUT2D eigenvalue weighted by molar-refractivity contribution is 6.03. The van der Waals surface area contributed by atoms with Gasteiger partial charge in [-0.15, -0.1) is 0 Å². The van der Waals surface area contributed by atoms with Crippen LogP contribution in [0.25, 0.3) is 0 Å². The molecule has 4 rings (SSSR count). The van der Waals surface area contributed by atoms with Gasteiger partial charge >= 0.3 is 0 Å². The number of anilines is 2. The molecule has 2 fully saturated rings. The van der Waals surface area contributed by atoms with Crippen molar-refractivity contribution in [2.24, 2.45) is 0 Å². The van der Waals surface area contributed by atoms with Gasteiger partial charge in [-0.3, -0.25) is 14.9 Å². The van der Waals surface area contributed by atoms with E-state index in [-0.39, 0.29) is 17.9 Å². The molecule has 2 N–H and O–H groups in total. The summed E-state index contributed by atoms with van der Waals surface area (Å²) in [4.78, 5) is 27.8. The third kappa shape index (κ3) is 2.70. The Balaban J connectivity index is 1.66. The monoisotopic (exact) mass is 340 g/mol. The quantitative estimate of drug-likeness (QED) is 0.802. The fourth-order valence-corrected chi connectivity index (χ4v) is 4.14. The zero-order chi connectivity index (χ0) is 17.6. The van der Waals surface area contributed by atoms with Crippen LogP contribution in [0.5, 0.6) is 0 Å². The Labute approximate surface area is 147 Å². The Hall–Kier alpha value is -2.34. The van der Waals surface area contributed by atoms with E-state index < -0.39 is 0 Å². The average molecular weight is 340 g/mol. The predicted octanol–water partition coefficient (Wildman–Crippen LogP) is 1.69. The molecular weight excluding hydrogens is 316 g/mol. The maximum absolute atomic E-state index is 12.3. The first-order valence-electron chi connectivity index (χ1n) is 8.96. The van der Waals surface area contributed by atoms with Crippen LogP contribution in [0.15, 0.2) is 30.6 Å². The molecule has 3 aliphatic rings. The van der Waals surface area contributed by atoms with Crippen LogP contribution >= 0.6 is 0 Å². The second kappa shape index (κ2) is 6.19. The molecule has 2 saturated heterocycles. The van der Waals surface area contributed by atoms with Gasteiger partial charge in [-0.25, -0.2) is 0 Å². The molecule has 1 aromatic carbocycles. The lowest BCUT2D eigenvalue weighted by Gasteiger charge is -2.32. The van der Waals surface area contributed by atoms with E-state index in [1.165, 1.54) is 5.56 Å². The summed E-state index contributed by atoms with van der Waals surface area (Å²) < 4.78 is 0. The number of nitrogens with zero attached hydrogens (tertiary/aromatic N) is 2. The normalized spacial score (nSPS) is 24.5. The Morgan fingerprint density at radius 1 is 1.12 bits per heavy atom. The largest absolute Gasteiger partial charge is 0.330 e. The maximum atomic E-state index is 12.3. The molecule has 25 heavy (non-hydrogen) atoms. The van der Waals surface area contributed by atoms with Gasteiger partial charge in [-0.2, -0.15) is 0 Å².